The lowest BCUT2D eigenvalue weighted by Crippen LogP contribution is -2.11. The Bertz CT molecular complexity index is 490. The summed E-state index contributed by atoms with van der Waals surface area (Å²) in [5, 5.41) is 7.54. The van der Waals surface area contributed by atoms with Crippen LogP contribution in [0.3, 0.4) is 0 Å². The molecule has 4 heteroatoms. The lowest BCUT2D eigenvalue weighted by atomic mass is 10.2. The SMILES string of the molecule is CCCn1cc(Oc2ccc(CNCC)cc2)cn1. The zero-order valence-electron chi connectivity index (χ0n) is 11.6. The average Bonchev–Trinajstić information content (AvgIpc) is 2.86. The third-order valence-corrected chi connectivity index (χ3v) is 2.80. The zero-order chi connectivity index (χ0) is 13.5. The highest BCUT2D eigenvalue weighted by molar-refractivity contribution is 5.31. The van der Waals surface area contributed by atoms with Crippen LogP contribution >= 0.6 is 0 Å². The molecule has 0 radical (unpaired) electrons. The minimum absolute atomic E-state index is 0.785. The van der Waals surface area contributed by atoms with Crippen LogP contribution in [0.15, 0.2) is 36.7 Å². The maximum atomic E-state index is 5.76. The fraction of sp³-hybridized carbons (Fsp3) is 0.400. The molecule has 0 amide bonds. The summed E-state index contributed by atoms with van der Waals surface area (Å²) in [6.07, 6.45) is 4.75. The Hall–Kier alpha value is -1.81. The number of benzene rings is 1. The lowest BCUT2D eigenvalue weighted by molar-refractivity contribution is 0.480. The fourth-order valence-electron chi connectivity index (χ4n) is 1.83. The van der Waals surface area contributed by atoms with Gasteiger partial charge in [0.15, 0.2) is 5.75 Å². The molecule has 0 aliphatic heterocycles. The standard InChI is InChI=1S/C15H21N3O/c1-3-9-18-12-15(11-17-18)19-14-7-5-13(6-8-14)10-16-4-2/h5-8,11-12,16H,3-4,9-10H2,1-2H3. The summed E-state index contributed by atoms with van der Waals surface area (Å²) < 4.78 is 7.66. The number of nitrogens with zero attached hydrogens (tertiary/aromatic N) is 2. The molecule has 0 spiro atoms. The van der Waals surface area contributed by atoms with Crippen molar-refractivity contribution < 1.29 is 4.74 Å². The van der Waals surface area contributed by atoms with E-state index in [1.54, 1.807) is 6.20 Å². The van der Waals surface area contributed by atoms with Gasteiger partial charge in [0, 0.05) is 13.1 Å². The predicted molar refractivity (Wildman–Crippen MR) is 76.4 cm³/mol. The van der Waals surface area contributed by atoms with Crippen molar-refractivity contribution in [1.29, 1.82) is 0 Å². The van der Waals surface area contributed by atoms with Crippen molar-refractivity contribution in [2.45, 2.75) is 33.4 Å². The second-order valence-corrected chi connectivity index (χ2v) is 4.47. The van der Waals surface area contributed by atoms with E-state index in [4.69, 9.17) is 4.74 Å². The van der Waals surface area contributed by atoms with E-state index < -0.39 is 0 Å². The first kappa shape index (κ1) is 13.6. The minimum Gasteiger partial charge on any atom is -0.454 e. The van der Waals surface area contributed by atoms with Crippen molar-refractivity contribution in [3.8, 4) is 11.5 Å². The summed E-state index contributed by atoms with van der Waals surface area (Å²) in [4.78, 5) is 0. The summed E-state index contributed by atoms with van der Waals surface area (Å²) in [5.74, 6) is 1.63. The molecule has 19 heavy (non-hydrogen) atoms. The first-order valence-corrected chi connectivity index (χ1v) is 6.81. The molecule has 0 aliphatic carbocycles. The number of aryl methyl sites for hydroxylation is 1. The predicted octanol–water partition coefficient (Wildman–Crippen LogP) is 3.19. The first-order valence-electron chi connectivity index (χ1n) is 6.81. The summed E-state index contributed by atoms with van der Waals surface area (Å²) in [5.41, 5.74) is 1.26. The maximum absolute atomic E-state index is 5.76. The van der Waals surface area contributed by atoms with Crippen LogP contribution in [0.5, 0.6) is 11.5 Å². The Morgan fingerprint density at radius 1 is 1.16 bits per heavy atom. The van der Waals surface area contributed by atoms with E-state index in [0.29, 0.717) is 0 Å². The first-order chi connectivity index (χ1) is 9.31. The molecule has 0 atom stereocenters. The molecule has 102 valence electrons. The van der Waals surface area contributed by atoms with Gasteiger partial charge in [0.05, 0.1) is 12.4 Å². The number of ether oxygens (including phenoxy) is 1. The van der Waals surface area contributed by atoms with Crippen molar-refractivity contribution >= 4 is 0 Å². The third-order valence-electron chi connectivity index (χ3n) is 2.80. The van der Waals surface area contributed by atoms with Crippen LogP contribution in [0, 0.1) is 0 Å². The molecule has 0 bridgehead atoms. The van der Waals surface area contributed by atoms with Crippen molar-refractivity contribution in [3.63, 3.8) is 0 Å². The van der Waals surface area contributed by atoms with E-state index in [1.165, 1.54) is 5.56 Å². The summed E-state index contributed by atoms with van der Waals surface area (Å²) >= 11 is 0. The van der Waals surface area contributed by atoms with Crippen molar-refractivity contribution in [1.82, 2.24) is 15.1 Å². The molecular weight excluding hydrogens is 238 g/mol. The van der Waals surface area contributed by atoms with Crippen LogP contribution in [-0.4, -0.2) is 16.3 Å². The van der Waals surface area contributed by atoms with Gasteiger partial charge in [0.2, 0.25) is 0 Å². The number of aromatic nitrogens is 2. The van der Waals surface area contributed by atoms with Crippen LogP contribution < -0.4 is 10.1 Å². The molecule has 1 aromatic heterocycles. The van der Waals surface area contributed by atoms with Crippen LogP contribution in [-0.2, 0) is 13.1 Å². The smallest absolute Gasteiger partial charge is 0.165 e. The molecule has 2 aromatic rings. The Kier molecular flexibility index (Phi) is 4.98. The van der Waals surface area contributed by atoms with Crippen molar-refractivity contribution in [2.24, 2.45) is 0 Å². The Labute approximate surface area is 114 Å². The van der Waals surface area contributed by atoms with Crippen LogP contribution in [0.2, 0.25) is 0 Å². The second-order valence-electron chi connectivity index (χ2n) is 4.47. The zero-order valence-corrected chi connectivity index (χ0v) is 11.6. The van der Waals surface area contributed by atoms with Crippen LogP contribution in [0.4, 0.5) is 0 Å². The van der Waals surface area contributed by atoms with Gasteiger partial charge in [-0.1, -0.05) is 26.0 Å². The second kappa shape index (κ2) is 6.95. The summed E-state index contributed by atoms with van der Waals surface area (Å²) in [6.45, 7) is 7.03. The fourth-order valence-corrected chi connectivity index (χ4v) is 1.83. The van der Waals surface area contributed by atoms with Crippen LogP contribution in [0.1, 0.15) is 25.8 Å². The Morgan fingerprint density at radius 2 is 1.95 bits per heavy atom. The molecule has 4 nitrogen and oxygen atoms in total. The molecule has 1 aromatic carbocycles. The van der Waals surface area contributed by atoms with Crippen molar-refractivity contribution in [2.75, 3.05) is 6.54 Å². The van der Waals surface area contributed by atoms with E-state index in [9.17, 15) is 0 Å². The molecule has 1 N–H and O–H groups in total. The molecule has 0 saturated carbocycles. The lowest BCUT2D eigenvalue weighted by Gasteiger charge is -2.05. The van der Waals surface area contributed by atoms with E-state index in [1.807, 2.05) is 23.0 Å². The van der Waals surface area contributed by atoms with Gasteiger partial charge in [-0.25, -0.2) is 0 Å². The molecule has 0 fully saturated rings. The van der Waals surface area contributed by atoms with Crippen LogP contribution in [0.25, 0.3) is 0 Å². The Balaban J connectivity index is 1.94. The number of nitrogens with one attached hydrogen (secondary N) is 1. The minimum atomic E-state index is 0.785. The maximum Gasteiger partial charge on any atom is 0.165 e. The van der Waals surface area contributed by atoms with E-state index >= 15 is 0 Å². The highest BCUT2D eigenvalue weighted by atomic mass is 16.5. The monoisotopic (exact) mass is 259 g/mol. The quantitative estimate of drug-likeness (QED) is 0.830. The number of rotatable bonds is 7. The van der Waals surface area contributed by atoms with Gasteiger partial charge in [-0.15, -0.1) is 0 Å². The largest absolute Gasteiger partial charge is 0.454 e. The molecule has 1 heterocycles. The number of hydrogen-bond acceptors (Lipinski definition) is 3. The van der Waals surface area contributed by atoms with Gasteiger partial charge in [0.25, 0.3) is 0 Å². The molecule has 0 saturated heterocycles. The summed E-state index contributed by atoms with van der Waals surface area (Å²) in [7, 11) is 0. The van der Waals surface area contributed by atoms with Gasteiger partial charge in [0.1, 0.15) is 5.75 Å². The van der Waals surface area contributed by atoms with Crippen molar-refractivity contribution in [3.05, 3.63) is 42.2 Å². The highest BCUT2D eigenvalue weighted by Gasteiger charge is 2.01. The Morgan fingerprint density at radius 3 is 2.63 bits per heavy atom. The summed E-state index contributed by atoms with van der Waals surface area (Å²) in [6, 6.07) is 8.14. The van der Waals surface area contributed by atoms with Gasteiger partial charge < -0.3 is 10.1 Å². The molecule has 0 unspecified atom stereocenters. The normalized spacial score (nSPS) is 10.6. The topological polar surface area (TPSA) is 39.1 Å². The van der Waals surface area contributed by atoms with E-state index in [2.05, 4.69) is 36.4 Å². The molecular formula is C15H21N3O. The molecule has 2 rings (SSSR count). The van der Waals surface area contributed by atoms with Gasteiger partial charge in [-0.05, 0) is 30.7 Å². The molecule has 0 aliphatic rings. The average molecular weight is 259 g/mol. The van der Waals surface area contributed by atoms with E-state index in [-0.39, 0.29) is 0 Å². The van der Waals surface area contributed by atoms with Gasteiger partial charge in [-0.3, -0.25) is 4.68 Å². The third kappa shape index (κ3) is 4.10. The van der Waals surface area contributed by atoms with Gasteiger partial charge in [-0.2, -0.15) is 5.10 Å². The van der Waals surface area contributed by atoms with Gasteiger partial charge >= 0.3 is 0 Å². The van der Waals surface area contributed by atoms with E-state index in [0.717, 1.165) is 37.6 Å². The number of hydrogen-bond donors (Lipinski definition) is 1. The highest BCUT2D eigenvalue weighted by Crippen LogP contribution is 2.21.